The summed E-state index contributed by atoms with van der Waals surface area (Å²) < 4.78 is 0.979. The lowest BCUT2D eigenvalue weighted by atomic mass is 10.3. The van der Waals surface area contributed by atoms with Crippen LogP contribution in [0.2, 0.25) is 0 Å². The number of carboxylic acid groups (broad SMARTS) is 1. The molecule has 0 radical (unpaired) electrons. The molecule has 70 valence electrons. The van der Waals surface area contributed by atoms with Crippen LogP contribution in [0, 0.1) is 0 Å². The molecular formula is C9H10BrNO2. The molecule has 1 aromatic rings. The van der Waals surface area contributed by atoms with Crippen LogP contribution >= 0.6 is 15.9 Å². The lowest BCUT2D eigenvalue weighted by Crippen LogP contribution is -2.07. The first-order valence-electron chi connectivity index (χ1n) is 3.90. The summed E-state index contributed by atoms with van der Waals surface area (Å²) in [6.45, 7) is 0.450. The lowest BCUT2D eigenvalue weighted by Gasteiger charge is -2.03. The molecule has 0 spiro atoms. The molecule has 0 aliphatic carbocycles. The molecule has 1 rings (SSSR count). The fourth-order valence-corrected chi connectivity index (χ4v) is 1.31. The number of aliphatic carboxylic acids is 1. The van der Waals surface area contributed by atoms with Gasteiger partial charge in [-0.2, -0.15) is 0 Å². The molecule has 1 aromatic carbocycles. The predicted octanol–water partition coefficient (Wildman–Crippen LogP) is 2.34. The van der Waals surface area contributed by atoms with Gasteiger partial charge in [0.1, 0.15) is 0 Å². The van der Waals surface area contributed by atoms with E-state index >= 15 is 0 Å². The van der Waals surface area contributed by atoms with Crippen molar-refractivity contribution >= 4 is 27.6 Å². The molecule has 0 unspecified atom stereocenters. The zero-order valence-corrected chi connectivity index (χ0v) is 8.54. The third kappa shape index (κ3) is 3.94. The Balaban J connectivity index is 2.41. The van der Waals surface area contributed by atoms with Gasteiger partial charge < -0.3 is 10.4 Å². The van der Waals surface area contributed by atoms with Gasteiger partial charge in [0.05, 0.1) is 6.42 Å². The quantitative estimate of drug-likeness (QED) is 0.854. The van der Waals surface area contributed by atoms with Crippen molar-refractivity contribution in [1.82, 2.24) is 0 Å². The number of hydrogen-bond acceptors (Lipinski definition) is 2. The van der Waals surface area contributed by atoms with Gasteiger partial charge in [0.15, 0.2) is 0 Å². The summed E-state index contributed by atoms with van der Waals surface area (Å²) >= 11 is 3.33. The zero-order chi connectivity index (χ0) is 9.68. The Labute approximate surface area is 84.9 Å². The van der Waals surface area contributed by atoms with E-state index < -0.39 is 5.97 Å². The average molecular weight is 244 g/mol. The number of carboxylic acids is 1. The third-order valence-corrected chi connectivity index (χ3v) is 1.99. The van der Waals surface area contributed by atoms with Crippen LogP contribution in [0.25, 0.3) is 0 Å². The summed E-state index contributed by atoms with van der Waals surface area (Å²) in [6.07, 6.45) is 0.131. The van der Waals surface area contributed by atoms with Crippen molar-refractivity contribution in [3.8, 4) is 0 Å². The number of halogens is 1. The van der Waals surface area contributed by atoms with E-state index in [1.165, 1.54) is 0 Å². The molecule has 0 aliphatic heterocycles. The minimum absolute atomic E-state index is 0.131. The zero-order valence-electron chi connectivity index (χ0n) is 6.96. The van der Waals surface area contributed by atoms with E-state index in [0.29, 0.717) is 6.54 Å². The largest absolute Gasteiger partial charge is 0.481 e. The van der Waals surface area contributed by atoms with E-state index in [1.807, 2.05) is 24.3 Å². The van der Waals surface area contributed by atoms with Crippen molar-refractivity contribution in [2.24, 2.45) is 0 Å². The van der Waals surface area contributed by atoms with Crippen molar-refractivity contribution in [1.29, 1.82) is 0 Å². The van der Waals surface area contributed by atoms with Crippen LogP contribution < -0.4 is 5.32 Å². The standard InChI is InChI=1S/C9H10BrNO2/c10-7-2-1-3-8(6-7)11-5-4-9(12)13/h1-3,6,11H,4-5H2,(H,12,13). The van der Waals surface area contributed by atoms with Crippen LogP contribution in [0.3, 0.4) is 0 Å². The van der Waals surface area contributed by atoms with Crippen LogP contribution in [-0.4, -0.2) is 17.6 Å². The molecule has 3 nitrogen and oxygen atoms in total. The molecule has 4 heteroatoms. The molecule has 2 N–H and O–H groups in total. The Kier molecular flexibility index (Phi) is 3.76. The molecule has 0 atom stereocenters. The number of hydrogen-bond donors (Lipinski definition) is 2. The second-order valence-corrected chi connectivity index (χ2v) is 3.50. The highest BCUT2D eigenvalue weighted by Gasteiger charge is 1.96. The van der Waals surface area contributed by atoms with Gasteiger partial charge in [-0.15, -0.1) is 0 Å². The Morgan fingerprint density at radius 3 is 2.92 bits per heavy atom. The van der Waals surface area contributed by atoms with E-state index in [4.69, 9.17) is 5.11 Å². The monoisotopic (exact) mass is 243 g/mol. The smallest absolute Gasteiger partial charge is 0.305 e. The van der Waals surface area contributed by atoms with E-state index in [2.05, 4.69) is 21.2 Å². The average Bonchev–Trinajstić information content (AvgIpc) is 2.03. The first-order chi connectivity index (χ1) is 6.18. The van der Waals surface area contributed by atoms with Gasteiger partial charge in [0, 0.05) is 16.7 Å². The number of anilines is 1. The van der Waals surface area contributed by atoms with Gasteiger partial charge in [0.25, 0.3) is 0 Å². The van der Waals surface area contributed by atoms with Crippen LogP contribution in [-0.2, 0) is 4.79 Å². The minimum Gasteiger partial charge on any atom is -0.481 e. The van der Waals surface area contributed by atoms with Gasteiger partial charge in [-0.25, -0.2) is 0 Å². The highest BCUT2D eigenvalue weighted by Crippen LogP contribution is 2.15. The van der Waals surface area contributed by atoms with Gasteiger partial charge in [-0.05, 0) is 18.2 Å². The van der Waals surface area contributed by atoms with Gasteiger partial charge in [-0.3, -0.25) is 4.79 Å². The molecule has 13 heavy (non-hydrogen) atoms. The highest BCUT2D eigenvalue weighted by molar-refractivity contribution is 9.10. The Morgan fingerprint density at radius 1 is 1.54 bits per heavy atom. The summed E-state index contributed by atoms with van der Waals surface area (Å²) in [6, 6.07) is 7.62. The van der Waals surface area contributed by atoms with Gasteiger partial charge in [0.2, 0.25) is 0 Å². The number of nitrogens with one attached hydrogen (secondary N) is 1. The molecule has 0 aliphatic rings. The fraction of sp³-hybridized carbons (Fsp3) is 0.222. The third-order valence-electron chi connectivity index (χ3n) is 1.49. The van der Waals surface area contributed by atoms with E-state index in [-0.39, 0.29) is 6.42 Å². The summed E-state index contributed by atoms with van der Waals surface area (Å²) in [4.78, 5) is 10.2. The summed E-state index contributed by atoms with van der Waals surface area (Å²) in [5.41, 5.74) is 0.927. The van der Waals surface area contributed by atoms with Gasteiger partial charge in [-0.1, -0.05) is 22.0 Å². The van der Waals surface area contributed by atoms with Crippen LogP contribution in [0.15, 0.2) is 28.7 Å². The molecule has 0 bridgehead atoms. The first kappa shape index (κ1) is 10.1. The maximum absolute atomic E-state index is 10.2. The summed E-state index contributed by atoms with van der Waals surface area (Å²) in [7, 11) is 0. The summed E-state index contributed by atoms with van der Waals surface area (Å²) in [5.74, 6) is -0.789. The van der Waals surface area contributed by atoms with E-state index in [9.17, 15) is 4.79 Å². The molecular weight excluding hydrogens is 234 g/mol. The highest BCUT2D eigenvalue weighted by atomic mass is 79.9. The first-order valence-corrected chi connectivity index (χ1v) is 4.69. The fourth-order valence-electron chi connectivity index (χ4n) is 0.912. The van der Waals surface area contributed by atoms with Crippen molar-refractivity contribution in [2.45, 2.75) is 6.42 Å². The van der Waals surface area contributed by atoms with Crippen molar-refractivity contribution in [3.05, 3.63) is 28.7 Å². The molecule has 0 saturated carbocycles. The second kappa shape index (κ2) is 4.87. The SMILES string of the molecule is O=C(O)CCNc1cccc(Br)c1. The Bertz CT molecular complexity index is 301. The van der Waals surface area contributed by atoms with E-state index in [0.717, 1.165) is 10.2 Å². The molecule has 0 saturated heterocycles. The molecule has 0 heterocycles. The molecule has 0 aromatic heterocycles. The van der Waals surface area contributed by atoms with E-state index in [1.54, 1.807) is 0 Å². The molecule has 0 amide bonds. The Hall–Kier alpha value is -1.03. The number of rotatable bonds is 4. The normalized spacial score (nSPS) is 9.62. The number of carbonyl (C=O) groups is 1. The molecule has 0 fully saturated rings. The van der Waals surface area contributed by atoms with Crippen molar-refractivity contribution in [3.63, 3.8) is 0 Å². The predicted molar refractivity (Wildman–Crippen MR) is 54.9 cm³/mol. The second-order valence-electron chi connectivity index (χ2n) is 2.58. The topological polar surface area (TPSA) is 49.3 Å². The number of benzene rings is 1. The van der Waals surface area contributed by atoms with Crippen LogP contribution in [0.4, 0.5) is 5.69 Å². The van der Waals surface area contributed by atoms with Crippen molar-refractivity contribution < 1.29 is 9.90 Å². The maximum Gasteiger partial charge on any atom is 0.305 e. The summed E-state index contributed by atoms with van der Waals surface area (Å²) in [5, 5.41) is 11.4. The van der Waals surface area contributed by atoms with Crippen LogP contribution in [0.5, 0.6) is 0 Å². The van der Waals surface area contributed by atoms with Gasteiger partial charge >= 0.3 is 5.97 Å². The van der Waals surface area contributed by atoms with Crippen LogP contribution in [0.1, 0.15) is 6.42 Å². The maximum atomic E-state index is 10.2. The van der Waals surface area contributed by atoms with Crippen molar-refractivity contribution in [2.75, 3.05) is 11.9 Å². The minimum atomic E-state index is -0.789. The Morgan fingerprint density at radius 2 is 2.31 bits per heavy atom. The lowest BCUT2D eigenvalue weighted by molar-refractivity contribution is -0.136.